The molecule has 160 valence electrons. The summed E-state index contributed by atoms with van der Waals surface area (Å²) in [4.78, 5) is 14.9. The highest BCUT2D eigenvalue weighted by Gasteiger charge is 2.24. The number of carbonyl (C=O) groups excluding carboxylic acids is 1. The first-order chi connectivity index (χ1) is 15.2. The molecule has 2 aliphatic rings. The van der Waals surface area contributed by atoms with E-state index in [0.717, 1.165) is 42.2 Å². The van der Waals surface area contributed by atoms with Crippen LogP contribution in [-0.4, -0.2) is 49.1 Å². The second kappa shape index (κ2) is 8.22. The quantitative estimate of drug-likeness (QED) is 0.659. The lowest BCUT2D eigenvalue weighted by Gasteiger charge is -2.33. The van der Waals surface area contributed by atoms with Gasteiger partial charge in [-0.25, -0.2) is 0 Å². The van der Waals surface area contributed by atoms with E-state index in [-0.39, 0.29) is 18.7 Å². The number of nitrogens with one attached hydrogen (secondary N) is 2. The molecule has 5 rings (SSSR count). The number of benzene rings is 2. The third kappa shape index (κ3) is 4.01. The lowest BCUT2D eigenvalue weighted by Crippen LogP contribution is -2.48. The fourth-order valence-electron chi connectivity index (χ4n) is 4.00. The Bertz CT molecular complexity index is 1080. The van der Waals surface area contributed by atoms with E-state index < -0.39 is 0 Å². The van der Waals surface area contributed by atoms with Crippen LogP contribution in [0.15, 0.2) is 48.5 Å². The van der Waals surface area contributed by atoms with E-state index >= 15 is 0 Å². The van der Waals surface area contributed by atoms with Crippen LogP contribution in [0.2, 0.25) is 0 Å². The summed E-state index contributed by atoms with van der Waals surface area (Å²) in [6, 6.07) is 15.2. The highest BCUT2D eigenvalue weighted by Crippen LogP contribution is 2.32. The molecule has 1 fully saturated rings. The van der Waals surface area contributed by atoms with Gasteiger partial charge < -0.3 is 24.4 Å². The molecule has 0 aliphatic carbocycles. The Morgan fingerprint density at radius 2 is 2.00 bits per heavy atom. The van der Waals surface area contributed by atoms with E-state index in [9.17, 15) is 4.79 Å². The number of hydrogen-bond acceptors (Lipinski definition) is 6. The maximum Gasteiger partial charge on any atom is 0.251 e. The number of ether oxygens (including phenoxy) is 3. The van der Waals surface area contributed by atoms with Crippen molar-refractivity contribution in [2.24, 2.45) is 0 Å². The molecule has 2 aliphatic heterocycles. The Kier molecular flexibility index (Phi) is 5.11. The lowest BCUT2D eigenvalue weighted by atomic mass is 10.0. The summed E-state index contributed by atoms with van der Waals surface area (Å²) in [6.45, 7) is 1.81. The molecule has 0 spiro atoms. The van der Waals surface area contributed by atoms with E-state index in [2.05, 4.69) is 20.4 Å². The summed E-state index contributed by atoms with van der Waals surface area (Å²) in [5, 5.41) is 10.8. The van der Waals surface area contributed by atoms with Gasteiger partial charge in [-0.15, -0.1) is 0 Å². The smallest absolute Gasteiger partial charge is 0.251 e. The van der Waals surface area contributed by atoms with Crippen LogP contribution in [0.3, 0.4) is 0 Å². The molecule has 1 saturated heterocycles. The molecule has 0 radical (unpaired) electrons. The molecule has 2 aromatic carbocycles. The number of amides is 1. The molecule has 8 nitrogen and oxygen atoms in total. The molecule has 31 heavy (non-hydrogen) atoms. The molecule has 8 heteroatoms. The maximum atomic E-state index is 12.7. The summed E-state index contributed by atoms with van der Waals surface area (Å²) in [5.41, 5.74) is 2.57. The molecule has 2 N–H and O–H groups in total. The Morgan fingerprint density at radius 3 is 2.84 bits per heavy atom. The highest BCUT2D eigenvalue weighted by molar-refractivity contribution is 5.95. The van der Waals surface area contributed by atoms with Gasteiger partial charge in [0.2, 0.25) is 6.79 Å². The van der Waals surface area contributed by atoms with E-state index in [0.29, 0.717) is 23.6 Å². The molecule has 1 amide bonds. The van der Waals surface area contributed by atoms with E-state index in [1.807, 2.05) is 30.3 Å². The van der Waals surface area contributed by atoms with Crippen LogP contribution in [0.1, 0.15) is 23.2 Å². The van der Waals surface area contributed by atoms with Crippen molar-refractivity contribution >= 4 is 11.7 Å². The van der Waals surface area contributed by atoms with Crippen LogP contribution in [0.25, 0.3) is 11.3 Å². The summed E-state index contributed by atoms with van der Waals surface area (Å²) < 4.78 is 15.9. The zero-order chi connectivity index (χ0) is 21.2. The second-order valence-electron chi connectivity index (χ2n) is 7.69. The Balaban J connectivity index is 1.24. The van der Waals surface area contributed by atoms with Gasteiger partial charge in [0.05, 0.1) is 12.8 Å². The molecule has 0 saturated carbocycles. The lowest BCUT2D eigenvalue weighted by molar-refractivity contribution is 0.0932. The zero-order valence-electron chi connectivity index (χ0n) is 17.3. The fraction of sp³-hybridized carbons (Fsp3) is 0.304. The van der Waals surface area contributed by atoms with Crippen molar-refractivity contribution in [3.8, 4) is 28.5 Å². The molecular formula is C23H24N4O4. The minimum Gasteiger partial charge on any atom is -0.497 e. The highest BCUT2D eigenvalue weighted by atomic mass is 16.7. The van der Waals surface area contributed by atoms with Crippen molar-refractivity contribution in [1.82, 2.24) is 15.5 Å². The molecule has 3 aromatic rings. The van der Waals surface area contributed by atoms with Crippen LogP contribution >= 0.6 is 0 Å². The number of aromatic nitrogens is 2. The summed E-state index contributed by atoms with van der Waals surface area (Å²) in [6.07, 6.45) is 1.92. The van der Waals surface area contributed by atoms with Crippen molar-refractivity contribution in [3.05, 3.63) is 54.1 Å². The number of aromatic amines is 1. The average Bonchev–Trinajstić information content (AvgIpc) is 3.49. The third-order valence-corrected chi connectivity index (χ3v) is 5.68. The van der Waals surface area contributed by atoms with Crippen molar-refractivity contribution in [1.29, 1.82) is 0 Å². The van der Waals surface area contributed by atoms with Crippen LogP contribution < -0.4 is 24.4 Å². The van der Waals surface area contributed by atoms with Crippen LogP contribution in [0, 0.1) is 0 Å². The predicted molar refractivity (Wildman–Crippen MR) is 116 cm³/mol. The van der Waals surface area contributed by atoms with Gasteiger partial charge in [0.1, 0.15) is 5.75 Å². The van der Waals surface area contributed by atoms with Gasteiger partial charge in [-0.3, -0.25) is 9.89 Å². The normalized spacial score (nSPS) is 17.5. The maximum absolute atomic E-state index is 12.7. The largest absolute Gasteiger partial charge is 0.497 e. The first-order valence-corrected chi connectivity index (χ1v) is 10.3. The van der Waals surface area contributed by atoms with Gasteiger partial charge >= 0.3 is 0 Å². The van der Waals surface area contributed by atoms with E-state index in [1.54, 1.807) is 25.3 Å². The predicted octanol–water partition coefficient (Wildman–Crippen LogP) is 3.21. The van der Waals surface area contributed by atoms with E-state index in [1.165, 1.54) is 0 Å². The monoisotopic (exact) mass is 420 g/mol. The molecule has 0 bridgehead atoms. The number of hydrogen-bond donors (Lipinski definition) is 2. The van der Waals surface area contributed by atoms with Gasteiger partial charge in [0, 0.05) is 30.8 Å². The molecular weight excluding hydrogens is 396 g/mol. The topological polar surface area (TPSA) is 88.7 Å². The number of piperidine rings is 1. The number of fused-ring (bicyclic) bond motifs is 1. The van der Waals surface area contributed by atoms with Crippen molar-refractivity contribution < 1.29 is 19.0 Å². The first kappa shape index (κ1) is 19.3. The number of anilines is 1. The SMILES string of the molecule is COc1ccc(-c2cc(N3CCCC(NC(=O)c4ccc5c(c4)OCO5)C3)n[nH]2)cc1. The van der Waals surface area contributed by atoms with Gasteiger partial charge in [0.25, 0.3) is 5.91 Å². The Morgan fingerprint density at radius 1 is 1.16 bits per heavy atom. The Hall–Kier alpha value is -3.68. The third-order valence-electron chi connectivity index (χ3n) is 5.68. The summed E-state index contributed by atoms with van der Waals surface area (Å²) >= 11 is 0. The fourth-order valence-corrected chi connectivity index (χ4v) is 4.00. The zero-order valence-corrected chi connectivity index (χ0v) is 17.3. The van der Waals surface area contributed by atoms with Crippen molar-refractivity contribution in [3.63, 3.8) is 0 Å². The molecule has 1 unspecified atom stereocenters. The molecule has 1 atom stereocenters. The van der Waals surface area contributed by atoms with Crippen LogP contribution in [0.5, 0.6) is 17.2 Å². The van der Waals surface area contributed by atoms with Gasteiger partial charge in [-0.2, -0.15) is 5.10 Å². The average molecular weight is 420 g/mol. The second-order valence-corrected chi connectivity index (χ2v) is 7.69. The number of nitrogens with zero attached hydrogens (tertiary/aromatic N) is 2. The van der Waals surface area contributed by atoms with Gasteiger partial charge in [-0.05, 0) is 60.9 Å². The Labute approximate surface area is 180 Å². The van der Waals surface area contributed by atoms with Gasteiger partial charge in [0.15, 0.2) is 17.3 Å². The van der Waals surface area contributed by atoms with Crippen molar-refractivity contribution in [2.45, 2.75) is 18.9 Å². The summed E-state index contributed by atoms with van der Waals surface area (Å²) in [7, 11) is 1.65. The number of carbonyl (C=O) groups is 1. The minimum absolute atomic E-state index is 0.0489. The van der Waals surface area contributed by atoms with Crippen LogP contribution in [-0.2, 0) is 0 Å². The molecule has 3 heterocycles. The van der Waals surface area contributed by atoms with Gasteiger partial charge in [-0.1, -0.05) is 0 Å². The number of H-pyrrole nitrogens is 1. The van der Waals surface area contributed by atoms with E-state index in [4.69, 9.17) is 14.2 Å². The minimum atomic E-state index is -0.105. The summed E-state index contributed by atoms with van der Waals surface area (Å²) in [5.74, 6) is 2.88. The number of methoxy groups -OCH3 is 1. The molecule has 1 aromatic heterocycles. The standard InChI is InChI=1S/C23H24N4O4/c1-29-18-7-4-15(5-8-18)19-12-22(26-25-19)27-10-2-3-17(13-27)24-23(28)16-6-9-20-21(11-16)31-14-30-20/h4-9,11-12,17H,2-3,10,13-14H2,1H3,(H,24,28)(H,25,26). The number of rotatable bonds is 5. The first-order valence-electron chi connectivity index (χ1n) is 10.3. The van der Waals surface area contributed by atoms with Crippen molar-refractivity contribution in [2.75, 3.05) is 31.9 Å². The van der Waals surface area contributed by atoms with Crippen LogP contribution in [0.4, 0.5) is 5.82 Å².